The van der Waals surface area contributed by atoms with Gasteiger partial charge in [0.2, 0.25) is 0 Å². The molecule has 2 fully saturated rings. The molecule has 5 nitrogen and oxygen atoms in total. The van der Waals surface area contributed by atoms with Crippen molar-refractivity contribution < 1.29 is 14.0 Å². The third kappa shape index (κ3) is 2.29. The van der Waals surface area contributed by atoms with Crippen LogP contribution in [0.1, 0.15) is 36.8 Å². The zero-order valence-corrected chi connectivity index (χ0v) is 11.7. The second kappa shape index (κ2) is 5.11. The zero-order chi connectivity index (χ0) is 15.0. The molecule has 1 spiro atoms. The number of hydrogen-bond donors (Lipinski definition) is 2. The summed E-state index contributed by atoms with van der Waals surface area (Å²) in [6.45, 7) is 0.240. The van der Waals surface area contributed by atoms with Crippen LogP contribution in [0.4, 0.5) is 9.18 Å². The summed E-state index contributed by atoms with van der Waals surface area (Å²) in [5, 5.41) is 2.83. The van der Waals surface area contributed by atoms with Gasteiger partial charge in [0.25, 0.3) is 5.91 Å². The Hall–Kier alpha value is -1.95. The van der Waals surface area contributed by atoms with Crippen LogP contribution in [0.3, 0.4) is 0 Å². The van der Waals surface area contributed by atoms with Crippen LogP contribution in [0, 0.1) is 5.82 Å². The minimum Gasteiger partial charge on any atom is -0.326 e. The lowest BCUT2D eigenvalue weighted by molar-refractivity contribution is -0.131. The lowest BCUT2D eigenvalue weighted by atomic mass is 9.98. The fourth-order valence-electron chi connectivity index (χ4n) is 3.20. The highest BCUT2D eigenvalue weighted by Gasteiger charge is 2.52. The van der Waals surface area contributed by atoms with Crippen LogP contribution >= 0.6 is 0 Å². The van der Waals surface area contributed by atoms with Crippen molar-refractivity contribution in [2.75, 3.05) is 0 Å². The molecule has 1 aromatic carbocycles. The molecule has 1 saturated heterocycles. The molecule has 0 radical (unpaired) electrons. The molecule has 21 heavy (non-hydrogen) atoms. The lowest BCUT2D eigenvalue weighted by Crippen LogP contribution is -2.44. The molecule has 2 aliphatic rings. The molecule has 0 atom stereocenters. The summed E-state index contributed by atoms with van der Waals surface area (Å²) in [6, 6.07) is 4.14. The molecule has 3 amide bonds. The van der Waals surface area contributed by atoms with Gasteiger partial charge in [0.1, 0.15) is 11.4 Å². The number of hydrogen-bond acceptors (Lipinski definition) is 3. The van der Waals surface area contributed by atoms with Crippen molar-refractivity contribution in [2.45, 2.75) is 44.3 Å². The van der Waals surface area contributed by atoms with E-state index >= 15 is 0 Å². The molecular formula is C15H18FN3O2. The number of urea groups is 1. The average Bonchev–Trinajstić information content (AvgIpc) is 3.02. The van der Waals surface area contributed by atoms with Crippen LogP contribution in [0.25, 0.3) is 0 Å². The smallest absolute Gasteiger partial charge is 0.325 e. The van der Waals surface area contributed by atoms with E-state index in [1.807, 2.05) is 0 Å². The molecule has 0 bridgehead atoms. The van der Waals surface area contributed by atoms with Gasteiger partial charge < -0.3 is 11.1 Å². The van der Waals surface area contributed by atoms with Crippen LogP contribution in [0.15, 0.2) is 18.2 Å². The fraction of sp³-hybridized carbons (Fsp3) is 0.467. The quantitative estimate of drug-likeness (QED) is 0.831. The Morgan fingerprint density at radius 3 is 2.67 bits per heavy atom. The molecule has 0 aromatic heterocycles. The first-order chi connectivity index (χ1) is 10.1. The summed E-state index contributed by atoms with van der Waals surface area (Å²) >= 11 is 0. The Balaban J connectivity index is 1.81. The normalized spacial score (nSPS) is 20.4. The highest BCUT2D eigenvalue weighted by atomic mass is 19.1. The van der Waals surface area contributed by atoms with Crippen LogP contribution in [0.5, 0.6) is 0 Å². The molecular weight excluding hydrogens is 273 g/mol. The molecule has 3 N–H and O–H groups in total. The second-order valence-corrected chi connectivity index (χ2v) is 5.74. The van der Waals surface area contributed by atoms with E-state index in [0.717, 1.165) is 12.8 Å². The van der Waals surface area contributed by atoms with Gasteiger partial charge >= 0.3 is 6.03 Å². The molecule has 1 aromatic rings. The Morgan fingerprint density at radius 2 is 2.00 bits per heavy atom. The van der Waals surface area contributed by atoms with Crippen LogP contribution in [0.2, 0.25) is 0 Å². The van der Waals surface area contributed by atoms with Crippen LogP contribution in [-0.2, 0) is 17.9 Å². The molecule has 3 rings (SSSR count). The monoisotopic (exact) mass is 291 g/mol. The van der Waals surface area contributed by atoms with Gasteiger partial charge in [-0.05, 0) is 30.5 Å². The van der Waals surface area contributed by atoms with E-state index in [0.29, 0.717) is 24.0 Å². The van der Waals surface area contributed by atoms with Crippen molar-refractivity contribution >= 4 is 11.9 Å². The van der Waals surface area contributed by atoms with E-state index < -0.39 is 5.54 Å². The van der Waals surface area contributed by atoms with Gasteiger partial charge in [-0.3, -0.25) is 9.69 Å². The van der Waals surface area contributed by atoms with Crippen molar-refractivity contribution in [2.24, 2.45) is 5.73 Å². The van der Waals surface area contributed by atoms with E-state index in [2.05, 4.69) is 5.32 Å². The largest absolute Gasteiger partial charge is 0.326 e. The second-order valence-electron chi connectivity index (χ2n) is 5.74. The number of nitrogens with one attached hydrogen (secondary N) is 1. The van der Waals surface area contributed by atoms with Crippen LogP contribution in [-0.4, -0.2) is 22.4 Å². The Labute approximate surface area is 122 Å². The average molecular weight is 291 g/mol. The first kappa shape index (κ1) is 14.0. The number of benzene rings is 1. The molecule has 6 heteroatoms. The number of nitrogens with zero attached hydrogens (tertiary/aromatic N) is 1. The van der Waals surface area contributed by atoms with E-state index in [9.17, 15) is 14.0 Å². The number of carbonyl (C=O) groups excluding carboxylic acids is 2. The molecule has 0 unspecified atom stereocenters. The molecule has 1 saturated carbocycles. The Kier molecular flexibility index (Phi) is 3.41. The van der Waals surface area contributed by atoms with Gasteiger partial charge in [-0.1, -0.05) is 18.9 Å². The number of imide groups is 1. The topological polar surface area (TPSA) is 75.4 Å². The SMILES string of the molecule is NCc1cc(CN2C(=O)NC3(CCCC3)C2=O)ccc1F. The van der Waals surface area contributed by atoms with Crippen LogP contribution < -0.4 is 11.1 Å². The number of carbonyl (C=O) groups is 2. The van der Waals surface area contributed by atoms with E-state index in [4.69, 9.17) is 5.73 Å². The van der Waals surface area contributed by atoms with Gasteiger partial charge in [0.05, 0.1) is 6.54 Å². The Bertz CT molecular complexity index is 597. The highest BCUT2D eigenvalue weighted by molar-refractivity contribution is 6.07. The van der Waals surface area contributed by atoms with Crippen molar-refractivity contribution in [3.63, 3.8) is 0 Å². The van der Waals surface area contributed by atoms with Gasteiger partial charge in [-0.15, -0.1) is 0 Å². The summed E-state index contributed by atoms with van der Waals surface area (Å²) in [5.74, 6) is -0.533. The predicted molar refractivity (Wildman–Crippen MR) is 74.6 cm³/mol. The number of halogens is 1. The molecule has 1 heterocycles. The maximum Gasteiger partial charge on any atom is 0.325 e. The summed E-state index contributed by atoms with van der Waals surface area (Å²) < 4.78 is 13.4. The molecule has 1 aliphatic heterocycles. The summed E-state index contributed by atoms with van der Waals surface area (Å²) in [7, 11) is 0. The number of nitrogens with two attached hydrogens (primary N) is 1. The minimum absolute atomic E-state index is 0.0871. The number of amides is 3. The van der Waals surface area contributed by atoms with Gasteiger partial charge in [0, 0.05) is 12.1 Å². The molecule has 112 valence electrons. The molecule has 1 aliphatic carbocycles. The van der Waals surface area contributed by atoms with E-state index in [1.54, 1.807) is 12.1 Å². The minimum atomic E-state index is -0.701. The summed E-state index contributed by atoms with van der Waals surface area (Å²) in [4.78, 5) is 25.8. The third-order valence-electron chi connectivity index (χ3n) is 4.37. The van der Waals surface area contributed by atoms with Crippen molar-refractivity contribution in [1.29, 1.82) is 0 Å². The maximum atomic E-state index is 13.4. The van der Waals surface area contributed by atoms with Crippen molar-refractivity contribution in [3.05, 3.63) is 35.1 Å². The third-order valence-corrected chi connectivity index (χ3v) is 4.37. The van der Waals surface area contributed by atoms with Gasteiger partial charge in [-0.25, -0.2) is 9.18 Å². The van der Waals surface area contributed by atoms with Gasteiger partial charge in [-0.2, -0.15) is 0 Å². The van der Waals surface area contributed by atoms with E-state index in [-0.39, 0.29) is 30.8 Å². The maximum absolute atomic E-state index is 13.4. The first-order valence-corrected chi connectivity index (χ1v) is 7.17. The predicted octanol–water partition coefficient (Wildman–Crippen LogP) is 1.65. The van der Waals surface area contributed by atoms with Crippen molar-refractivity contribution in [3.8, 4) is 0 Å². The summed E-state index contributed by atoms with van der Waals surface area (Å²) in [5.41, 5.74) is 5.86. The highest BCUT2D eigenvalue weighted by Crippen LogP contribution is 2.35. The summed E-state index contributed by atoms with van der Waals surface area (Å²) in [6.07, 6.45) is 3.30. The lowest BCUT2D eigenvalue weighted by Gasteiger charge is -2.20. The van der Waals surface area contributed by atoms with Gasteiger partial charge in [0.15, 0.2) is 0 Å². The number of rotatable bonds is 3. The zero-order valence-electron chi connectivity index (χ0n) is 11.7. The van der Waals surface area contributed by atoms with Crippen molar-refractivity contribution in [1.82, 2.24) is 10.2 Å². The fourth-order valence-corrected chi connectivity index (χ4v) is 3.20. The van der Waals surface area contributed by atoms with E-state index in [1.165, 1.54) is 11.0 Å². The standard InChI is InChI=1S/C15H18FN3O2/c16-12-4-3-10(7-11(12)8-17)9-19-13(20)15(18-14(19)21)5-1-2-6-15/h3-4,7H,1-2,5-6,8-9,17H2,(H,18,21). The Morgan fingerprint density at radius 1 is 1.29 bits per heavy atom. The first-order valence-electron chi connectivity index (χ1n) is 7.17.